The van der Waals surface area contributed by atoms with Crippen molar-refractivity contribution in [1.82, 2.24) is 14.7 Å². The minimum Gasteiger partial charge on any atom is -0.387 e. The molecule has 0 saturated carbocycles. The van der Waals surface area contributed by atoms with Crippen molar-refractivity contribution >= 4 is 28.4 Å². The van der Waals surface area contributed by atoms with Crippen LogP contribution in [0.15, 0.2) is 36.7 Å². The van der Waals surface area contributed by atoms with Crippen LogP contribution in [0.3, 0.4) is 0 Å². The standard InChI is InChI=1S/C23H34N4O12S.CO2/c1-11-5-8-27(13(28)9-11)22-17(31)16(30)19(37-22)18(14-21(32)26(3)7-4-6-25(14)2)38-23-20(39-40(33,34)35)15(29)12(10-24)36-23;2-1-3/h4-5,7-8,12,14-20,22-23,29-31H,1,6,9-10,24H2,2-3H3,(H,33,34,35);. The minimum atomic E-state index is -5.11. The van der Waals surface area contributed by atoms with Gasteiger partial charge in [-0.2, -0.15) is 18.0 Å². The number of rotatable bonds is 8. The highest BCUT2D eigenvalue weighted by Crippen LogP contribution is 2.35. The second-order valence-corrected chi connectivity index (χ2v) is 11.1. The van der Waals surface area contributed by atoms with Crippen molar-refractivity contribution < 1.29 is 65.9 Å². The van der Waals surface area contributed by atoms with Crippen LogP contribution in [0, 0.1) is 0 Å². The molecule has 0 spiro atoms. The van der Waals surface area contributed by atoms with Crippen molar-refractivity contribution in [3.05, 3.63) is 36.7 Å². The first-order valence-corrected chi connectivity index (χ1v) is 14.2. The fraction of sp³-hybridized carbons (Fsp3) is 0.625. The Labute approximate surface area is 246 Å². The largest absolute Gasteiger partial charge is 0.397 e. The number of aliphatic hydroxyl groups is 3. The van der Waals surface area contributed by atoms with Crippen LogP contribution in [-0.2, 0) is 48.0 Å². The summed E-state index contributed by atoms with van der Waals surface area (Å²) >= 11 is 0. The van der Waals surface area contributed by atoms with Crippen molar-refractivity contribution in [2.75, 3.05) is 27.2 Å². The highest BCUT2D eigenvalue weighted by Gasteiger charge is 2.56. The molecule has 18 nitrogen and oxygen atoms in total. The fourth-order valence-corrected chi connectivity index (χ4v) is 5.60. The number of likely N-dealkylation sites (N-methyl/N-ethyl adjacent to an activating group) is 2. The lowest BCUT2D eigenvalue weighted by atomic mass is 9.97. The summed E-state index contributed by atoms with van der Waals surface area (Å²) in [7, 11) is -2.04. The number of nitrogens with zero attached hydrogens (tertiary/aromatic N) is 3. The first-order valence-electron chi connectivity index (χ1n) is 12.8. The number of aliphatic hydroxyl groups excluding tert-OH is 3. The van der Waals surface area contributed by atoms with Gasteiger partial charge in [-0.15, -0.1) is 0 Å². The number of nitrogens with two attached hydrogens (primary N) is 1. The van der Waals surface area contributed by atoms with E-state index in [9.17, 15) is 37.9 Å². The van der Waals surface area contributed by atoms with Crippen molar-refractivity contribution in [2.24, 2.45) is 5.73 Å². The summed E-state index contributed by atoms with van der Waals surface area (Å²) in [6.45, 7) is 3.67. The summed E-state index contributed by atoms with van der Waals surface area (Å²) in [5.41, 5.74) is 6.15. The molecule has 4 aliphatic rings. The zero-order valence-corrected chi connectivity index (χ0v) is 23.9. The maximum Gasteiger partial charge on any atom is 0.397 e. The molecule has 0 aromatic heterocycles. The number of carbonyl (C=O) groups is 2. The molecule has 0 aromatic carbocycles. The molecule has 2 amide bonds. The van der Waals surface area contributed by atoms with E-state index in [0.717, 1.165) is 4.90 Å². The Kier molecular flexibility index (Phi) is 11.5. The van der Waals surface area contributed by atoms with Gasteiger partial charge in [0.05, 0.1) is 6.42 Å². The van der Waals surface area contributed by atoms with Gasteiger partial charge in [0.2, 0.25) is 11.8 Å². The average Bonchev–Trinajstić information content (AvgIpc) is 3.32. The monoisotopic (exact) mass is 634 g/mol. The normalized spacial score (nSPS) is 35.9. The summed E-state index contributed by atoms with van der Waals surface area (Å²) in [4.78, 5) is 46.3. The van der Waals surface area contributed by atoms with E-state index in [4.69, 9.17) is 29.5 Å². The van der Waals surface area contributed by atoms with E-state index in [1.165, 1.54) is 24.3 Å². The van der Waals surface area contributed by atoms with Crippen LogP contribution >= 0.6 is 0 Å². The molecule has 6 N–H and O–H groups in total. The van der Waals surface area contributed by atoms with Crippen LogP contribution in [0.1, 0.15) is 6.42 Å². The SMILES string of the molecule is C=C1C=CN(C2OC(C(OC3OC(CN)C(O)C3OS(=O)(=O)O)C3C(=O)N(C)C=CCN3C)C(O)C2O)C(=O)C1.O=C=O. The van der Waals surface area contributed by atoms with E-state index < -0.39 is 83.5 Å². The molecule has 0 aliphatic carbocycles. The number of hydrogen-bond donors (Lipinski definition) is 5. The van der Waals surface area contributed by atoms with Crippen molar-refractivity contribution in [3.63, 3.8) is 0 Å². The predicted molar refractivity (Wildman–Crippen MR) is 139 cm³/mol. The van der Waals surface area contributed by atoms with Crippen LogP contribution in [0.4, 0.5) is 0 Å². The number of amides is 2. The molecule has 240 valence electrons. The molecule has 2 fully saturated rings. The topological polar surface area (TPSA) is 256 Å². The summed E-state index contributed by atoms with van der Waals surface area (Å²) in [6.07, 6.45) is -7.80. The van der Waals surface area contributed by atoms with Crippen molar-refractivity contribution in [3.8, 4) is 0 Å². The number of allylic oxidation sites excluding steroid dienone is 1. The zero-order chi connectivity index (χ0) is 32.2. The van der Waals surface area contributed by atoms with Crippen LogP contribution < -0.4 is 5.73 Å². The van der Waals surface area contributed by atoms with Gasteiger partial charge >= 0.3 is 16.6 Å². The Hall–Kier alpha value is -2.91. The minimum absolute atomic E-state index is 0.0486. The maximum absolute atomic E-state index is 13.5. The second-order valence-electron chi connectivity index (χ2n) is 10.1. The molecule has 4 aliphatic heterocycles. The number of ether oxygens (including phenoxy) is 3. The highest BCUT2D eigenvalue weighted by atomic mass is 32.3. The van der Waals surface area contributed by atoms with Gasteiger partial charge in [0.15, 0.2) is 18.6 Å². The number of hydrogen-bond acceptors (Lipinski definition) is 15. The van der Waals surface area contributed by atoms with E-state index in [2.05, 4.69) is 10.8 Å². The molecule has 2 saturated heterocycles. The summed E-state index contributed by atoms with van der Waals surface area (Å²) in [6, 6.07) is -1.22. The van der Waals surface area contributed by atoms with Gasteiger partial charge in [-0.3, -0.25) is 23.9 Å². The van der Waals surface area contributed by atoms with Gasteiger partial charge in [0.25, 0.3) is 0 Å². The Balaban J connectivity index is 0.00000162. The summed E-state index contributed by atoms with van der Waals surface area (Å²) in [5, 5.41) is 32.6. The Morgan fingerprint density at radius 1 is 1.14 bits per heavy atom. The Morgan fingerprint density at radius 3 is 2.37 bits per heavy atom. The third kappa shape index (κ3) is 7.79. The molecule has 0 radical (unpaired) electrons. The molecule has 4 rings (SSSR count). The molecule has 19 heteroatoms. The lowest BCUT2D eigenvalue weighted by molar-refractivity contribution is -0.231. The molecular weight excluding hydrogens is 600 g/mol. The maximum atomic E-state index is 13.5. The average molecular weight is 635 g/mol. The molecule has 0 bridgehead atoms. The molecule has 10 unspecified atom stereocenters. The van der Waals surface area contributed by atoms with E-state index in [-0.39, 0.29) is 25.7 Å². The Morgan fingerprint density at radius 2 is 1.79 bits per heavy atom. The third-order valence-corrected chi connectivity index (χ3v) is 7.64. The van der Waals surface area contributed by atoms with Gasteiger partial charge in [-0.05, 0) is 18.7 Å². The fourth-order valence-electron chi connectivity index (χ4n) is 5.11. The smallest absolute Gasteiger partial charge is 0.387 e. The first kappa shape index (κ1) is 34.6. The van der Waals surface area contributed by atoms with Gasteiger partial charge < -0.3 is 40.2 Å². The van der Waals surface area contributed by atoms with Gasteiger partial charge in [-0.1, -0.05) is 12.7 Å². The summed E-state index contributed by atoms with van der Waals surface area (Å²) < 4.78 is 54.6. The first-order chi connectivity index (χ1) is 20.1. The van der Waals surface area contributed by atoms with Crippen LogP contribution in [0.5, 0.6) is 0 Å². The van der Waals surface area contributed by atoms with Crippen LogP contribution in [0.2, 0.25) is 0 Å². The molecule has 0 aromatic rings. The van der Waals surface area contributed by atoms with E-state index in [1.807, 2.05) is 0 Å². The van der Waals surface area contributed by atoms with Crippen molar-refractivity contribution in [1.29, 1.82) is 0 Å². The molecule has 10 atom stereocenters. The molecule has 4 heterocycles. The Bertz CT molecular complexity index is 1250. The molecule has 43 heavy (non-hydrogen) atoms. The summed E-state index contributed by atoms with van der Waals surface area (Å²) in [5.74, 6) is -0.982. The quantitative estimate of drug-likeness (QED) is 0.160. The highest BCUT2D eigenvalue weighted by molar-refractivity contribution is 7.80. The lowest BCUT2D eigenvalue weighted by Crippen LogP contribution is -2.59. The second kappa shape index (κ2) is 14.2. The van der Waals surface area contributed by atoms with Gasteiger partial charge in [0, 0.05) is 32.5 Å². The van der Waals surface area contributed by atoms with Crippen LogP contribution in [-0.4, -0.2) is 149 Å². The third-order valence-electron chi connectivity index (χ3n) is 7.17. The molecular formula is C24H34N4O14S. The predicted octanol–water partition coefficient (Wildman–Crippen LogP) is -3.94. The zero-order valence-electron chi connectivity index (χ0n) is 23.1. The lowest BCUT2D eigenvalue weighted by Gasteiger charge is -2.38. The van der Waals surface area contributed by atoms with E-state index >= 15 is 0 Å². The van der Waals surface area contributed by atoms with E-state index in [0.29, 0.717) is 5.57 Å². The van der Waals surface area contributed by atoms with E-state index in [1.54, 1.807) is 24.1 Å². The number of carbonyl (C=O) groups excluding carboxylic acids is 4. The van der Waals surface area contributed by atoms with Crippen LogP contribution in [0.25, 0.3) is 0 Å². The van der Waals surface area contributed by atoms with Gasteiger partial charge in [0.1, 0.15) is 42.7 Å². The van der Waals surface area contributed by atoms with Gasteiger partial charge in [-0.25, -0.2) is 4.18 Å². The van der Waals surface area contributed by atoms with Crippen molar-refractivity contribution in [2.45, 2.75) is 67.7 Å².